The second-order valence-corrected chi connectivity index (χ2v) is 9.56. The molecule has 1 aliphatic rings. The number of hydrogen-bond acceptors (Lipinski definition) is 3. The molecule has 1 rings (SSSR count). The predicted octanol–water partition coefficient (Wildman–Crippen LogP) is 6.59. The summed E-state index contributed by atoms with van der Waals surface area (Å²) in [4.78, 5) is 12.1. The van der Waals surface area contributed by atoms with Gasteiger partial charge in [0.15, 0.2) is 0 Å². The number of nitrogens with one attached hydrogen (secondary N) is 1. The fourth-order valence-corrected chi connectivity index (χ4v) is 4.39. The molecule has 31 heavy (non-hydrogen) atoms. The molecule has 0 fully saturated rings. The molecule has 1 aliphatic carbocycles. The summed E-state index contributed by atoms with van der Waals surface area (Å²) in [6, 6.07) is -0.562. The van der Waals surface area contributed by atoms with E-state index in [9.17, 15) is 15.0 Å². The van der Waals surface area contributed by atoms with Gasteiger partial charge in [0.05, 0.1) is 18.8 Å². The van der Waals surface area contributed by atoms with Crippen molar-refractivity contribution in [3.63, 3.8) is 0 Å². The number of carbonyl (C=O) groups is 1. The van der Waals surface area contributed by atoms with Crippen LogP contribution in [0, 0.1) is 0 Å². The van der Waals surface area contributed by atoms with Crippen molar-refractivity contribution >= 4 is 5.91 Å². The van der Waals surface area contributed by atoms with E-state index in [-0.39, 0.29) is 12.5 Å². The molecular weight excluding hydrogens is 386 g/mol. The lowest BCUT2D eigenvalue weighted by Gasteiger charge is -2.20. The standard InChI is InChI=1S/C27H51NO3/c1-3-5-7-9-10-11-12-13-14-16-17-19-23-21-24(23)27(31)25(22-29)28-26(30)20-18-15-8-6-4-2/h25,27,29,31H,3-22H2,1-2H3,(H,28,30)/t25-,27+/m1/s1. The Hall–Kier alpha value is -0.870. The first-order valence-electron chi connectivity index (χ1n) is 13.4. The molecule has 3 N–H and O–H groups in total. The first-order valence-corrected chi connectivity index (χ1v) is 13.4. The summed E-state index contributed by atoms with van der Waals surface area (Å²) in [6.07, 6.45) is 22.0. The number of allylic oxidation sites excluding steroid dienone is 1. The van der Waals surface area contributed by atoms with Gasteiger partial charge in [-0.25, -0.2) is 0 Å². The Morgan fingerprint density at radius 1 is 0.806 bits per heavy atom. The third-order valence-corrected chi connectivity index (χ3v) is 6.60. The van der Waals surface area contributed by atoms with E-state index in [4.69, 9.17) is 0 Å². The molecule has 0 aromatic carbocycles. The Balaban J connectivity index is 2.09. The average molecular weight is 438 g/mol. The summed E-state index contributed by atoms with van der Waals surface area (Å²) < 4.78 is 0. The second-order valence-electron chi connectivity index (χ2n) is 9.56. The number of hydrogen-bond donors (Lipinski definition) is 3. The van der Waals surface area contributed by atoms with Crippen LogP contribution in [0.4, 0.5) is 0 Å². The number of unbranched alkanes of at least 4 members (excludes halogenated alkanes) is 14. The van der Waals surface area contributed by atoms with Gasteiger partial charge in [0.2, 0.25) is 5.91 Å². The molecule has 0 heterocycles. The minimum absolute atomic E-state index is 0.0530. The van der Waals surface area contributed by atoms with Crippen LogP contribution >= 0.6 is 0 Å². The smallest absolute Gasteiger partial charge is 0.220 e. The summed E-state index contributed by atoms with van der Waals surface area (Å²) in [5.41, 5.74) is 2.39. The number of aliphatic hydroxyl groups excluding tert-OH is 2. The van der Waals surface area contributed by atoms with Crippen LogP contribution in [0.2, 0.25) is 0 Å². The van der Waals surface area contributed by atoms with E-state index in [1.54, 1.807) is 0 Å². The minimum atomic E-state index is -0.725. The number of carbonyl (C=O) groups excluding carboxylic acids is 1. The molecule has 0 unspecified atom stereocenters. The van der Waals surface area contributed by atoms with Crippen LogP contribution in [-0.4, -0.2) is 34.9 Å². The van der Waals surface area contributed by atoms with Crippen LogP contribution in [0.1, 0.15) is 136 Å². The Kier molecular flexibility index (Phi) is 17.0. The van der Waals surface area contributed by atoms with Gasteiger partial charge in [-0.1, -0.05) is 109 Å². The first-order chi connectivity index (χ1) is 15.1. The normalized spacial score (nSPS) is 15.2. The number of rotatable bonds is 22. The van der Waals surface area contributed by atoms with E-state index < -0.39 is 12.1 Å². The van der Waals surface area contributed by atoms with Crippen molar-refractivity contribution in [1.29, 1.82) is 0 Å². The molecular formula is C27H51NO3. The zero-order chi connectivity index (χ0) is 22.7. The zero-order valence-corrected chi connectivity index (χ0v) is 20.6. The Morgan fingerprint density at radius 2 is 1.29 bits per heavy atom. The molecule has 4 nitrogen and oxygen atoms in total. The van der Waals surface area contributed by atoms with Crippen LogP contribution in [0.5, 0.6) is 0 Å². The molecule has 0 aromatic rings. The Labute approximate surface area is 192 Å². The van der Waals surface area contributed by atoms with Gasteiger partial charge in [-0.15, -0.1) is 0 Å². The highest BCUT2D eigenvalue weighted by atomic mass is 16.3. The lowest BCUT2D eigenvalue weighted by atomic mass is 10.0. The molecule has 2 atom stereocenters. The van der Waals surface area contributed by atoms with E-state index in [0.29, 0.717) is 6.42 Å². The van der Waals surface area contributed by atoms with Crippen LogP contribution in [0.25, 0.3) is 0 Å². The van der Waals surface area contributed by atoms with Gasteiger partial charge in [0.25, 0.3) is 0 Å². The summed E-state index contributed by atoms with van der Waals surface area (Å²) >= 11 is 0. The van der Waals surface area contributed by atoms with Crippen LogP contribution in [0.15, 0.2) is 11.1 Å². The van der Waals surface area contributed by atoms with E-state index >= 15 is 0 Å². The van der Waals surface area contributed by atoms with Crippen molar-refractivity contribution < 1.29 is 15.0 Å². The van der Waals surface area contributed by atoms with Gasteiger partial charge in [0, 0.05) is 6.42 Å². The molecule has 1 amide bonds. The van der Waals surface area contributed by atoms with Gasteiger partial charge < -0.3 is 15.5 Å². The van der Waals surface area contributed by atoms with Gasteiger partial charge in [-0.2, -0.15) is 0 Å². The van der Waals surface area contributed by atoms with Crippen LogP contribution in [0.3, 0.4) is 0 Å². The lowest BCUT2D eigenvalue weighted by Crippen LogP contribution is -2.45. The fourth-order valence-electron chi connectivity index (χ4n) is 4.39. The summed E-state index contributed by atoms with van der Waals surface area (Å²) in [6.45, 7) is 4.23. The molecule has 0 saturated carbocycles. The fraction of sp³-hybridized carbons (Fsp3) is 0.889. The quantitative estimate of drug-likeness (QED) is 0.132. The molecule has 0 aromatic heterocycles. The number of aliphatic hydroxyl groups is 2. The van der Waals surface area contributed by atoms with Crippen molar-refractivity contribution in [2.24, 2.45) is 0 Å². The highest BCUT2D eigenvalue weighted by Gasteiger charge is 2.33. The van der Waals surface area contributed by atoms with Gasteiger partial charge in [0.1, 0.15) is 0 Å². The summed E-state index contributed by atoms with van der Waals surface area (Å²) in [5.74, 6) is -0.0530. The maximum absolute atomic E-state index is 12.1. The van der Waals surface area contributed by atoms with E-state index in [2.05, 4.69) is 19.2 Å². The first kappa shape index (κ1) is 28.2. The van der Waals surface area contributed by atoms with Crippen LogP contribution < -0.4 is 5.32 Å². The summed E-state index contributed by atoms with van der Waals surface area (Å²) in [7, 11) is 0. The maximum atomic E-state index is 12.1. The van der Waals surface area contributed by atoms with Crippen LogP contribution in [-0.2, 0) is 4.79 Å². The SMILES string of the molecule is CCCCCCCCCCCCCC1=C([C@H](O)[C@@H](CO)NC(=O)CCCCCCC)C1. The largest absolute Gasteiger partial charge is 0.394 e. The predicted molar refractivity (Wildman–Crippen MR) is 131 cm³/mol. The third kappa shape index (κ3) is 14.0. The molecule has 0 saturated heterocycles. The van der Waals surface area contributed by atoms with Gasteiger partial charge >= 0.3 is 0 Å². The highest BCUT2D eigenvalue weighted by Crippen LogP contribution is 2.38. The average Bonchev–Trinajstić information content (AvgIpc) is 3.54. The number of amides is 1. The maximum Gasteiger partial charge on any atom is 0.220 e. The monoisotopic (exact) mass is 437 g/mol. The van der Waals surface area contributed by atoms with Crippen molar-refractivity contribution in [1.82, 2.24) is 5.32 Å². The van der Waals surface area contributed by atoms with Crippen molar-refractivity contribution in [2.45, 2.75) is 148 Å². The van der Waals surface area contributed by atoms with Crippen molar-refractivity contribution in [2.75, 3.05) is 6.61 Å². The third-order valence-electron chi connectivity index (χ3n) is 6.60. The van der Waals surface area contributed by atoms with Crippen molar-refractivity contribution in [3.8, 4) is 0 Å². The molecule has 0 aliphatic heterocycles. The van der Waals surface area contributed by atoms with Crippen molar-refractivity contribution in [3.05, 3.63) is 11.1 Å². The van der Waals surface area contributed by atoms with Gasteiger partial charge in [-0.05, 0) is 31.3 Å². The molecule has 182 valence electrons. The van der Waals surface area contributed by atoms with E-state index in [1.807, 2.05) is 0 Å². The lowest BCUT2D eigenvalue weighted by molar-refractivity contribution is -0.123. The van der Waals surface area contributed by atoms with Gasteiger partial charge in [-0.3, -0.25) is 4.79 Å². The summed E-state index contributed by atoms with van der Waals surface area (Å²) in [5, 5.41) is 23.0. The Morgan fingerprint density at radius 3 is 1.81 bits per heavy atom. The molecule has 0 spiro atoms. The molecule has 0 bridgehead atoms. The Bertz CT molecular complexity index is 489. The minimum Gasteiger partial charge on any atom is -0.394 e. The molecule has 0 radical (unpaired) electrons. The van der Waals surface area contributed by atoms with E-state index in [0.717, 1.165) is 31.3 Å². The second kappa shape index (κ2) is 18.7. The zero-order valence-electron chi connectivity index (χ0n) is 20.6. The van der Waals surface area contributed by atoms with E-state index in [1.165, 1.54) is 95.5 Å². The topological polar surface area (TPSA) is 69.6 Å². The molecule has 4 heteroatoms. The highest BCUT2D eigenvalue weighted by molar-refractivity contribution is 5.76.